The number of hydrogen-bond acceptors (Lipinski definition) is 5. The summed E-state index contributed by atoms with van der Waals surface area (Å²) in [6.45, 7) is 0. The molecule has 22 heavy (non-hydrogen) atoms. The summed E-state index contributed by atoms with van der Waals surface area (Å²) in [5.41, 5.74) is 1.48. The molecule has 1 heterocycles. The molecule has 120 valence electrons. The van der Waals surface area contributed by atoms with E-state index in [1.54, 1.807) is 12.1 Å². The normalized spacial score (nSPS) is 19.5. The number of sulfone groups is 1. The number of carbonyl (C=O) groups excluding carboxylic acids is 2. The maximum atomic E-state index is 11.8. The highest BCUT2D eigenvalue weighted by Gasteiger charge is 2.30. The molecule has 0 bridgehead atoms. The fraction of sp³-hybridized carbons (Fsp3) is 0.429. The maximum absolute atomic E-state index is 11.8. The standard InChI is InChI=1S/C14H19N3O4S/c1-17(2)12-5-3-10(4-6-12)15-13(18)14(19)16-11-7-8-22(20,21)9-11/h3-6,11H,7-9H2,1-2H3,(H,15,18)(H,16,19). The monoisotopic (exact) mass is 325 g/mol. The van der Waals surface area contributed by atoms with Crippen LogP contribution in [0.5, 0.6) is 0 Å². The molecule has 0 spiro atoms. The van der Waals surface area contributed by atoms with E-state index in [9.17, 15) is 18.0 Å². The van der Waals surface area contributed by atoms with Crippen molar-refractivity contribution in [2.75, 3.05) is 35.8 Å². The number of benzene rings is 1. The lowest BCUT2D eigenvalue weighted by Crippen LogP contribution is -2.42. The minimum absolute atomic E-state index is 0.0472. The predicted molar refractivity (Wildman–Crippen MR) is 84.6 cm³/mol. The lowest BCUT2D eigenvalue weighted by molar-refractivity contribution is -0.136. The minimum atomic E-state index is -3.09. The molecular weight excluding hydrogens is 306 g/mol. The molecule has 1 aliphatic heterocycles. The van der Waals surface area contributed by atoms with Gasteiger partial charge in [-0.2, -0.15) is 0 Å². The highest BCUT2D eigenvalue weighted by Crippen LogP contribution is 2.15. The second kappa shape index (κ2) is 6.35. The maximum Gasteiger partial charge on any atom is 0.313 e. The van der Waals surface area contributed by atoms with Gasteiger partial charge >= 0.3 is 11.8 Å². The predicted octanol–water partition coefficient (Wildman–Crippen LogP) is -0.00560. The highest BCUT2D eigenvalue weighted by molar-refractivity contribution is 7.91. The molecule has 0 aliphatic carbocycles. The molecule has 0 radical (unpaired) electrons. The molecule has 2 N–H and O–H groups in total. The van der Waals surface area contributed by atoms with Gasteiger partial charge < -0.3 is 15.5 Å². The Labute approximate surface area is 129 Å². The van der Waals surface area contributed by atoms with E-state index in [4.69, 9.17) is 0 Å². The largest absolute Gasteiger partial charge is 0.378 e. The van der Waals surface area contributed by atoms with Gasteiger partial charge in [0.2, 0.25) is 0 Å². The molecule has 1 saturated heterocycles. The Morgan fingerprint density at radius 1 is 1.14 bits per heavy atom. The molecule has 1 aromatic carbocycles. The molecule has 1 aliphatic rings. The molecule has 2 amide bonds. The molecular formula is C14H19N3O4S. The molecule has 7 nitrogen and oxygen atoms in total. The second-order valence-corrected chi connectivity index (χ2v) is 7.70. The number of hydrogen-bond donors (Lipinski definition) is 2. The first-order valence-electron chi connectivity index (χ1n) is 6.86. The Balaban J connectivity index is 1.90. The zero-order valence-electron chi connectivity index (χ0n) is 12.5. The van der Waals surface area contributed by atoms with Gasteiger partial charge in [0, 0.05) is 31.5 Å². The number of amides is 2. The van der Waals surface area contributed by atoms with Crippen LogP contribution in [0.15, 0.2) is 24.3 Å². The first-order valence-corrected chi connectivity index (χ1v) is 8.68. The number of anilines is 2. The third-order valence-electron chi connectivity index (χ3n) is 3.42. The molecule has 1 unspecified atom stereocenters. The summed E-state index contributed by atoms with van der Waals surface area (Å²) in [5, 5.41) is 4.93. The van der Waals surface area contributed by atoms with Crippen molar-refractivity contribution in [1.29, 1.82) is 0 Å². The Morgan fingerprint density at radius 2 is 1.77 bits per heavy atom. The Morgan fingerprint density at radius 3 is 2.27 bits per heavy atom. The van der Waals surface area contributed by atoms with E-state index in [1.165, 1.54) is 0 Å². The molecule has 1 fully saturated rings. The molecule has 2 rings (SSSR count). The summed E-state index contributed by atoms with van der Waals surface area (Å²) >= 11 is 0. The van der Waals surface area contributed by atoms with Gasteiger partial charge in [0.05, 0.1) is 11.5 Å². The van der Waals surface area contributed by atoms with Crippen LogP contribution in [0.1, 0.15) is 6.42 Å². The van der Waals surface area contributed by atoms with Crippen LogP contribution in [0, 0.1) is 0 Å². The molecule has 0 saturated carbocycles. The van der Waals surface area contributed by atoms with Crippen LogP contribution >= 0.6 is 0 Å². The number of carbonyl (C=O) groups is 2. The van der Waals surface area contributed by atoms with Crippen LogP contribution in [-0.4, -0.2) is 51.9 Å². The fourth-order valence-corrected chi connectivity index (χ4v) is 3.86. The summed E-state index contributed by atoms with van der Waals surface area (Å²) in [7, 11) is 0.709. The molecule has 0 aromatic heterocycles. The Hall–Kier alpha value is -2.09. The van der Waals surface area contributed by atoms with Gasteiger partial charge in [-0.1, -0.05) is 0 Å². The molecule has 1 atom stereocenters. The fourth-order valence-electron chi connectivity index (χ4n) is 2.19. The quantitative estimate of drug-likeness (QED) is 0.763. The number of nitrogens with one attached hydrogen (secondary N) is 2. The zero-order valence-corrected chi connectivity index (χ0v) is 13.3. The first-order chi connectivity index (χ1) is 10.3. The topological polar surface area (TPSA) is 95.6 Å². The van der Waals surface area contributed by atoms with Gasteiger partial charge in [0.25, 0.3) is 0 Å². The van der Waals surface area contributed by atoms with Crippen LogP contribution in [0.25, 0.3) is 0 Å². The van der Waals surface area contributed by atoms with Gasteiger partial charge in [-0.05, 0) is 30.7 Å². The van der Waals surface area contributed by atoms with Crippen LogP contribution < -0.4 is 15.5 Å². The Kier molecular flexibility index (Phi) is 4.70. The molecule has 1 aromatic rings. The van der Waals surface area contributed by atoms with E-state index >= 15 is 0 Å². The SMILES string of the molecule is CN(C)c1ccc(NC(=O)C(=O)NC2CCS(=O)(=O)C2)cc1. The van der Waals surface area contributed by atoms with Crippen LogP contribution in [0.2, 0.25) is 0 Å². The molecule has 8 heteroatoms. The summed E-state index contributed by atoms with van der Waals surface area (Å²) in [4.78, 5) is 25.5. The van der Waals surface area contributed by atoms with Gasteiger partial charge in [-0.15, -0.1) is 0 Å². The number of nitrogens with zero attached hydrogens (tertiary/aromatic N) is 1. The van der Waals surface area contributed by atoms with E-state index in [-0.39, 0.29) is 11.5 Å². The van der Waals surface area contributed by atoms with E-state index in [0.29, 0.717) is 12.1 Å². The van der Waals surface area contributed by atoms with E-state index < -0.39 is 27.7 Å². The van der Waals surface area contributed by atoms with Gasteiger partial charge in [0.15, 0.2) is 9.84 Å². The van der Waals surface area contributed by atoms with E-state index in [0.717, 1.165) is 5.69 Å². The van der Waals surface area contributed by atoms with Gasteiger partial charge in [0.1, 0.15) is 0 Å². The first kappa shape index (κ1) is 16.3. The summed E-state index contributed by atoms with van der Waals surface area (Å²) in [6.07, 6.45) is 0.346. The van der Waals surface area contributed by atoms with Crippen molar-refractivity contribution < 1.29 is 18.0 Å². The number of rotatable bonds is 3. The van der Waals surface area contributed by atoms with Crippen LogP contribution in [0.3, 0.4) is 0 Å². The zero-order chi connectivity index (χ0) is 16.3. The third kappa shape index (κ3) is 4.20. The van der Waals surface area contributed by atoms with E-state index in [1.807, 2.05) is 31.1 Å². The van der Waals surface area contributed by atoms with Crippen molar-refractivity contribution >= 4 is 33.0 Å². The average Bonchev–Trinajstić information content (AvgIpc) is 2.78. The smallest absolute Gasteiger partial charge is 0.313 e. The third-order valence-corrected chi connectivity index (χ3v) is 5.18. The summed E-state index contributed by atoms with van der Waals surface area (Å²) in [5.74, 6) is -1.68. The second-order valence-electron chi connectivity index (χ2n) is 5.47. The van der Waals surface area contributed by atoms with Crippen molar-refractivity contribution in [3.05, 3.63) is 24.3 Å². The summed E-state index contributed by atoms with van der Waals surface area (Å²) < 4.78 is 22.6. The van der Waals surface area contributed by atoms with Gasteiger partial charge in [-0.25, -0.2) is 8.42 Å². The van der Waals surface area contributed by atoms with Crippen molar-refractivity contribution in [2.45, 2.75) is 12.5 Å². The minimum Gasteiger partial charge on any atom is -0.378 e. The Bertz CT molecular complexity index is 668. The summed E-state index contributed by atoms with van der Waals surface area (Å²) in [6, 6.07) is 6.54. The van der Waals surface area contributed by atoms with Crippen molar-refractivity contribution in [3.8, 4) is 0 Å². The lowest BCUT2D eigenvalue weighted by atomic mass is 10.2. The lowest BCUT2D eigenvalue weighted by Gasteiger charge is -2.13. The van der Waals surface area contributed by atoms with Crippen LogP contribution in [0.4, 0.5) is 11.4 Å². The average molecular weight is 325 g/mol. The van der Waals surface area contributed by atoms with Crippen molar-refractivity contribution in [2.24, 2.45) is 0 Å². The van der Waals surface area contributed by atoms with Crippen LogP contribution in [-0.2, 0) is 19.4 Å². The van der Waals surface area contributed by atoms with E-state index in [2.05, 4.69) is 10.6 Å². The van der Waals surface area contributed by atoms with Crippen molar-refractivity contribution in [3.63, 3.8) is 0 Å². The highest BCUT2D eigenvalue weighted by atomic mass is 32.2. The van der Waals surface area contributed by atoms with Crippen molar-refractivity contribution in [1.82, 2.24) is 5.32 Å². The van der Waals surface area contributed by atoms with Gasteiger partial charge in [-0.3, -0.25) is 9.59 Å².